The van der Waals surface area contributed by atoms with Crippen molar-refractivity contribution in [2.75, 3.05) is 13.2 Å². The molecule has 3 aromatic carbocycles. The molecule has 1 aliphatic heterocycles. The highest BCUT2D eigenvalue weighted by Crippen LogP contribution is 2.37. The second-order valence-electron chi connectivity index (χ2n) is 9.23. The highest BCUT2D eigenvalue weighted by molar-refractivity contribution is 7.86. The number of ether oxygens (including phenoxy) is 3. The van der Waals surface area contributed by atoms with Crippen molar-refractivity contribution in [3.8, 4) is 0 Å². The minimum absolute atomic E-state index is 0.0685. The summed E-state index contributed by atoms with van der Waals surface area (Å²) >= 11 is 0. The van der Waals surface area contributed by atoms with E-state index >= 15 is 0 Å². The van der Waals surface area contributed by atoms with Crippen LogP contribution in [0.25, 0.3) is 0 Å². The molecule has 210 valence electrons. The van der Waals surface area contributed by atoms with Crippen molar-refractivity contribution in [2.24, 2.45) is 0 Å². The molecule has 1 fully saturated rings. The first-order valence-electron chi connectivity index (χ1n) is 12.4. The van der Waals surface area contributed by atoms with Crippen LogP contribution in [0, 0.1) is 6.92 Å². The molecule has 1 heterocycles. The summed E-state index contributed by atoms with van der Waals surface area (Å²) < 4.78 is 47.4. The van der Waals surface area contributed by atoms with Gasteiger partial charge in [0.05, 0.1) is 17.1 Å². The van der Waals surface area contributed by atoms with E-state index < -0.39 is 65.0 Å². The molecule has 0 spiro atoms. The standard InChI is InChI=1S/C29H28O10S/c1-19-13-15-23(16-14-19)40(34,35)37-17-24-27(38-20(2)30)29(33,26(31)21-9-5-3-6-10-21)25(39-24)18-36-28(32)22-11-7-4-8-12-22/h3-16,24-25,27,33H,17-18H2,1-2H3/t24-,25+,27+,29-/m0/s1. The Kier molecular flexibility index (Phi) is 8.79. The van der Waals surface area contributed by atoms with Gasteiger partial charge >= 0.3 is 11.9 Å². The fraction of sp³-hybridized carbons (Fsp3) is 0.276. The van der Waals surface area contributed by atoms with E-state index in [0.29, 0.717) is 0 Å². The van der Waals surface area contributed by atoms with Crippen LogP contribution in [0.3, 0.4) is 0 Å². The molecule has 3 aromatic rings. The molecule has 0 unspecified atom stereocenters. The smallest absolute Gasteiger partial charge is 0.338 e. The van der Waals surface area contributed by atoms with E-state index in [-0.39, 0.29) is 16.0 Å². The van der Waals surface area contributed by atoms with Crippen molar-refractivity contribution in [2.45, 2.75) is 42.7 Å². The molecule has 11 heteroatoms. The quantitative estimate of drug-likeness (QED) is 0.220. The van der Waals surface area contributed by atoms with Crippen LogP contribution in [0.4, 0.5) is 0 Å². The second-order valence-corrected chi connectivity index (χ2v) is 10.8. The Hall–Kier alpha value is -3.90. The van der Waals surface area contributed by atoms with Gasteiger partial charge < -0.3 is 19.3 Å². The number of hydrogen-bond donors (Lipinski definition) is 1. The van der Waals surface area contributed by atoms with Gasteiger partial charge in [-0.3, -0.25) is 13.8 Å². The normalized spacial score (nSPS) is 22.4. The third kappa shape index (κ3) is 6.28. The van der Waals surface area contributed by atoms with E-state index in [1.165, 1.54) is 36.4 Å². The largest absolute Gasteiger partial charge is 0.459 e. The Labute approximate surface area is 231 Å². The van der Waals surface area contributed by atoms with Crippen LogP contribution >= 0.6 is 0 Å². The summed E-state index contributed by atoms with van der Waals surface area (Å²) in [5, 5.41) is 11.9. The molecule has 0 radical (unpaired) electrons. The van der Waals surface area contributed by atoms with Gasteiger partial charge in [0.15, 0.2) is 11.7 Å². The van der Waals surface area contributed by atoms with Crippen molar-refractivity contribution in [1.29, 1.82) is 0 Å². The fourth-order valence-electron chi connectivity index (χ4n) is 4.32. The summed E-state index contributed by atoms with van der Waals surface area (Å²) in [6.07, 6.45) is -4.64. The van der Waals surface area contributed by atoms with Gasteiger partial charge in [-0.05, 0) is 31.2 Å². The SMILES string of the molecule is CC(=O)O[C@@H]1[C@H](COS(=O)(=O)c2ccc(C)cc2)O[C@H](COC(=O)c2ccccc2)[C@]1(O)C(=O)c1ccccc1. The van der Waals surface area contributed by atoms with Crippen molar-refractivity contribution in [1.82, 2.24) is 0 Å². The lowest BCUT2D eigenvalue weighted by atomic mass is 9.83. The summed E-state index contributed by atoms with van der Waals surface area (Å²) in [6, 6.07) is 21.7. The van der Waals surface area contributed by atoms with Gasteiger partial charge in [0, 0.05) is 12.5 Å². The van der Waals surface area contributed by atoms with E-state index in [1.807, 2.05) is 0 Å². The number of Topliss-reactive ketones (excluding diaryl/α,β-unsaturated/α-hetero) is 1. The van der Waals surface area contributed by atoms with E-state index in [1.54, 1.807) is 55.5 Å². The molecule has 1 aliphatic rings. The Morgan fingerprint density at radius 1 is 0.875 bits per heavy atom. The lowest BCUT2D eigenvalue weighted by Crippen LogP contribution is -2.57. The van der Waals surface area contributed by atoms with Crippen LogP contribution in [0.1, 0.15) is 33.2 Å². The number of carbonyl (C=O) groups is 3. The van der Waals surface area contributed by atoms with Gasteiger partial charge in [-0.25, -0.2) is 4.79 Å². The molecule has 1 N–H and O–H groups in total. The van der Waals surface area contributed by atoms with E-state index in [2.05, 4.69) is 0 Å². The van der Waals surface area contributed by atoms with Gasteiger partial charge in [0.25, 0.3) is 10.1 Å². The first kappa shape index (κ1) is 29.1. The van der Waals surface area contributed by atoms with Gasteiger partial charge in [0.1, 0.15) is 18.8 Å². The molecule has 10 nitrogen and oxygen atoms in total. The Balaban J connectivity index is 1.64. The van der Waals surface area contributed by atoms with Gasteiger partial charge in [-0.2, -0.15) is 8.42 Å². The number of esters is 2. The van der Waals surface area contributed by atoms with Crippen LogP contribution in [-0.2, 0) is 33.3 Å². The van der Waals surface area contributed by atoms with Crippen molar-refractivity contribution >= 4 is 27.8 Å². The zero-order chi connectivity index (χ0) is 28.9. The van der Waals surface area contributed by atoms with Crippen molar-refractivity contribution in [3.63, 3.8) is 0 Å². The number of carbonyl (C=O) groups excluding carboxylic acids is 3. The van der Waals surface area contributed by atoms with E-state index in [9.17, 15) is 27.9 Å². The lowest BCUT2D eigenvalue weighted by molar-refractivity contribution is -0.157. The van der Waals surface area contributed by atoms with Crippen molar-refractivity contribution < 1.29 is 46.3 Å². The van der Waals surface area contributed by atoms with Gasteiger partial charge in [0.2, 0.25) is 5.78 Å². The number of ketones is 1. The maximum atomic E-state index is 13.7. The Bertz CT molecular complexity index is 1460. The predicted molar refractivity (Wildman–Crippen MR) is 141 cm³/mol. The molecule has 0 aliphatic carbocycles. The first-order valence-corrected chi connectivity index (χ1v) is 13.8. The maximum Gasteiger partial charge on any atom is 0.338 e. The average molecular weight is 569 g/mol. The average Bonchev–Trinajstić information content (AvgIpc) is 3.22. The summed E-state index contributed by atoms with van der Waals surface area (Å²) in [6.45, 7) is 1.54. The van der Waals surface area contributed by atoms with Gasteiger partial charge in [-0.15, -0.1) is 0 Å². The Morgan fingerprint density at radius 2 is 1.45 bits per heavy atom. The number of aliphatic hydroxyl groups is 1. The molecular formula is C29H28O10S. The molecule has 0 amide bonds. The number of hydrogen-bond acceptors (Lipinski definition) is 10. The maximum absolute atomic E-state index is 13.7. The molecule has 0 bridgehead atoms. The molecular weight excluding hydrogens is 540 g/mol. The fourth-order valence-corrected chi connectivity index (χ4v) is 5.24. The summed E-state index contributed by atoms with van der Waals surface area (Å²) in [7, 11) is -4.28. The third-order valence-corrected chi connectivity index (χ3v) is 7.66. The van der Waals surface area contributed by atoms with Crippen LogP contribution < -0.4 is 0 Å². The molecule has 1 saturated heterocycles. The lowest BCUT2D eigenvalue weighted by Gasteiger charge is -2.31. The number of benzene rings is 3. The van der Waals surface area contributed by atoms with E-state index in [0.717, 1.165) is 12.5 Å². The zero-order valence-corrected chi connectivity index (χ0v) is 22.6. The second kappa shape index (κ2) is 12.1. The number of aryl methyl sites for hydroxylation is 1. The van der Waals surface area contributed by atoms with Crippen LogP contribution in [0.15, 0.2) is 89.8 Å². The predicted octanol–water partition coefficient (Wildman–Crippen LogP) is 2.87. The van der Waals surface area contributed by atoms with E-state index in [4.69, 9.17) is 18.4 Å². The third-order valence-electron chi connectivity index (χ3n) is 6.37. The molecule has 4 rings (SSSR count). The van der Waals surface area contributed by atoms with Gasteiger partial charge in [-0.1, -0.05) is 66.2 Å². The summed E-state index contributed by atoms with van der Waals surface area (Å²) in [5.74, 6) is -2.48. The highest BCUT2D eigenvalue weighted by Gasteiger charge is 2.63. The summed E-state index contributed by atoms with van der Waals surface area (Å²) in [4.78, 5) is 38.2. The summed E-state index contributed by atoms with van der Waals surface area (Å²) in [5.41, 5.74) is -1.42. The molecule has 40 heavy (non-hydrogen) atoms. The van der Waals surface area contributed by atoms with Crippen LogP contribution in [0.2, 0.25) is 0 Å². The number of rotatable bonds is 10. The minimum atomic E-state index is -4.28. The minimum Gasteiger partial charge on any atom is -0.459 e. The Morgan fingerprint density at radius 3 is 2.02 bits per heavy atom. The monoisotopic (exact) mass is 568 g/mol. The first-order chi connectivity index (χ1) is 19.0. The zero-order valence-electron chi connectivity index (χ0n) is 21.8. The van der Waals surface area contributed by atoms with Crippen LogP contribution in [0.5, 0.6) is 0 Å². The van der Waals surface area contributed by atoms with Crippen molar-refractivity contribution in [3.05, 3.63) is 102 Å². The van der Waals surface area contributed by atoms with Crippen LogP contribution in [-0.4, -0.2) is 68.4 Å². The topological polar surface area (TPSA) is 143 Å². The molecule has 4 atom stereocenters. The highest BCUT2D eigenvalue weighted by atomic mass is 32.2. The molecule has 0 saturated carbocycles. The molecule has 0 aromatic heterocycles.